The fourth-order valence-corrected chi connectivity index (χ4v) is 1.80. The van der Waals surface area contributed by atoms with E-state index in [1.54, 1.807) is 37.4 Å². The van der Waals surface area contributed by atoms with E-state index >= 15 is 0 Å². The average molecular weight is 287 g/mol. The zero-order valence-corrected chi connectivity index (χ0v) is 12.2. The largest absolute Gasteiger partial charge is 0.485 e. The average Bonchev–Trinajstić information content (AvgIpc) is 2.42. The first-order chi connectivity index (χ1) is 9.97. The molecule has 1 aromatic heterocycles. The van der Waals surface area contributed by atoms with Crippen molar-refractivity contribution in [2.24, 2.45) is 0 Å². The van der Waals surface area contributed by atoms with Gasteiger partial charge in [0, 0.05) is 6.20 Å². The standard InChI is InChI=1S/C16H17NO4/c1-10(2)20-14-5-4-8-17-15(14)21-13-7-6-12(16(18)19)9-11(13)3/h4-10H,1-3H3,(H,18,19). The maximum atomic E-state index is 10.9. The second kappa shape index (κ2) is 6.26. The van der Waals surface area contributed by atoms with Gasteiger partial charge in [0.1, 0.15) is 5.75 Å². The lowest BCUT2D eigenvalue weighted by Gasteiger charge is -2.14. The van der Waals surface area contributed by atoms with Gasteiger partial charge in [0.2, 0.25) is 0 Å². The van der Waals surface area contributed by atoms with Crippen molar-refractivity contribution in [1.29, 1.82) is 0 Å². The van der Waals surface area contributed by atoms with Gasteiger partial charge in [-0.2, -0.15) is 0 Å². The van der Waals surface area contributed by atoms with E-state index in [1.165, 1.54) is 6.07 Å². The van der Waals surface area contributed by atoms with Crippen LogP contribution in [-0.4, -0.2) is 22.2 Å². The van der Waals surface area contributed by atoms with Gasteiger partial charge in [0.25, 0.3) is 5.88 Å². The van der Waals surface area contributed by atoms with Gasteiger partial charge in [-0.25, -0.2) is 9.78 Å². The highest BCUT2D eigenvalue weighted by molar-refractivity contribution is 5.88. The molecule has 1 N–H and O–H groups in total. The molecule has 2 rings (SSSR count). The molecule has 0 spiro atoms. The zero-order chi connectivity index (χ0) is 15.4. The molecule has 0 unspecified atom stereocenters. The summed E-state index contributed by atoms with van der Waals surface area (Å²) in [5.41, 5.74) is 0.940. The van der Waals surface area contributed by atoms with Crippen molar-refractivity contribution in [3.8, 4) is 17.4 Å². The molecule has 0 amide bonds. The first kappa shape index (κ1) is 14.8. The number of carboxylic acid groups (broad SMARTS) is 1. The molecule has 5 heteroatoms. The summed E-state index contributed by atoms with van der Waals surface area (Å²) in [4.78, 5) is 15.1. The highest BCUT2D eigenvalue weighted by Crippen LogP contribution is 2.31. The molecule has 110 valence electrons. The van der Waals surface area contributed by atoms with E-state index in [1.807, 2.05) is 13.8 Å². The van der Waals surface area contributed by atoms with Gasteiger partial charge in [-0.05, 0) is 56.7 Å². The number of carboxylic acids is 1. The first-order valence-corrected chi connectivity index (χ1v) is 6.61. The molecule has 2 aromatic rings. The van der Waals surface area contributed by atoms with E-state index in [-0.39, 0.29) is 11.7 Å². The molecule has 0 bridgehead atoms. The maximum absolute atomic E-state index is 10.9. The van der Waals surface area contributed by atoms with Crippen LogP contribution in [0.5, 0.6) is 17.4 Å². The Balaban J connectivity index is 2.28. The smallest absolute Gasteiger partial charge is 0.335 e. The molecule has 21 heavy (non-hydrogen) atoms. The summed E-state index contributed by atoms with van der Waals surface area (Å²) in [5, 5.41) is 8.96. The predicted octanol–water partition coefficient (Wildman–Crippen LogP) is 3.67. The Morgan fingerprint density at radius 3 is 2.62 bits per heavy atom. The third-order valence-electron chi connectivity index (χ3n) is 2.73. The highest BCUT2D eigenvalue weighted by Gasteiger charge is 2.12. The predicted molar refractivity (Wildman–Crippen MR) is 78.2 cm³/mol. The molecule has 0 saturated carbocycles. The number of pyridine rings is 1. The lowest BCUT2D eigenvalue weighted by molar-refractivity contribution is 0.0696. The van der Waals surface area contributed by atoms with Gasteiger partial charge < -0.3 is 14.6 Å². The van der Waals surface area contributed by atoms with Gasteiger partial charge >= 0.3 is 5.97 Å². The summed E-state index contributed by atoms with van der Waals surface area (Å²) < 4.78 is 11.4. The first-order valence-electron chi connectivity index (χ1n) is 6.61. The molecular weight excluding hydrogens is 270 g/mol. The fourth-order valence-electron chi connectivity index (χ4n) is 1.80. The summed E-state index contributed by atoms with van der Waals surface area (Å²) in [6.45, 7) is 5.63. The molecule has 0 atom stereocenters. The quantitative estimate of drug-likeness (QED) is 0.908. The second-order valence-electron chi connectivity index (χ2n) is 4.86. The maximum Gasteiger partial charge on any atom is 0.335 e. The number of ether oxygens (including phenoxy) is 2. The van der Waals surface area contributed by atoms with Crippen molar-refractivity contribution in [2.45, 2.75) is 26.9 Å². The van der Waals surface area contributed by atoms with Gasteiger partial charge in [-0.15, -0.1) is 0 Å². The van der Waals surface area contributed by atoms with E-state index in [0.717, 1.165) is 5.56 Å². The Morgan fingerprint density at radius 2 is 2.00 bits per heavy atom. The molecule has 1 heterocycles. The van der Waals surface area contributed by atoms with Crippen LogP contribution in [0.3, 0.4) is 0 Å². The van der Waals surface area contributed by atoms with Gasteiger partial charge in [0.15, 0.2) is 5.75 Å². The van der Waals surface area contributed by atoms with Crippen LogP contribution in [-0.2, 0) is 0 Å². The molecule has 1 aromatic carbocycles. The summed E-state index contributed by atoms with van der Waals surface area (Å²) >= 11 is 0. The van der Waals surface area contributed by atoms with Crippen LogP contribution >= 0.6 is 0 Å². The van der Waals surface area contributed by atoms with Crippen LogP contribution < -0.4 is 9.47 Å². The number of nitrogens with zero attached hydrogens (tertiary/aromatic N) is 1. The Bertz CT molecular complexity index is 652. The van der Waals surface area contributed by atoms with Crippen molar-refractivity contribution in [1.82, 2.24) is 4.98 Å². The summed E-state index contributed by atoms with van der Waals surface area (Å²) in [6, 6.07) is 8.22. The summed E-state index contributed by atoms with van der Waals surface area (Å²) in [5.74, 6) is 0.491. The molecular formula is C16H17NO4. The van der Waals surface area contributed by atoms with Crippen LogP contribution in [0.4, 0.5) is 0 Å². The minimum Gasteiger partial charge on any atom is -0.485 e. The molecule has 0 radical (unpaired) electrons. The Kier molecular flexibility index (Phi) is 4.42. The zero-order valence-electron chi connectivity index (χ0n) is 12.2. The lowest BCUT2D eigenvalue weighted by atomic mass is 10.1. The Labute approximate surface area is 123 Å². The Hall–Kier alpha value is -2.56. The molecule has 0 aliphatic heterocycles. The minimum atomic E-state index is -0.966. The van der Waals surface area contributed by atoms with Crippen LogP contribution in [0.15, 0.2) is 36.5 Å². The van der Waals surface area contributed by atoms with Crippen molar-refractivity contribution in [3.63, 3.8) is 0 Å². The van der Waals surface area contributed by atoms with Crippen LogP contribution in [0.25, 0.3) is 0 Å². The second-order valence-corrected chi connectivity index (χ2v) is 4.86. The number of aromatic nitrogens is 1. The van der Waals surface area contributed by atoms with Gasteiger partial charge in [-0.1, -0.05) is 0 Å². The fraction of sp³-hybridized carbons (Fsp3) is 0.250. The topological polar surface area (TPSA) is 68.7 Å². The number of hydrogen-bond donors (Lipinski definition) is 1. The van der Waals surface area contributed by atoms with E-state index in [0.29, 0.717) is 17.4 Å². The van der Waals surface area contributed by atoms with Gasteiger partial charge in [0.05, 0.1) is 11.7 Å². The van der Waals surface area contributed by atoms with Crippen LogP contribution in [0.1, 0.15) is 29.8 Å². The van der Waals surface area contributed by atoms with Crippen molar-refractivity contribution in [3.05, 3.63) is 47.7 Å². The third kappa shape index (κ3) is 3.72. The number of rotatable bonds is 5. The number of carbonyl (C=O) groups is 1. The van der Waals surface area contributed by atoms with Gasteiger partial charge in [-0.3, -0.25) is 0 Å². The summed E-state index contributed by atoms with van der Waals surface area (Å²) in [6.07, 6.45) is 1.62. The highest BCUT2D eigenvalue weighted by atomic mass is 16.5. The van der Waals surface area contributed by atoms with E-state index in [9.17, 15) is 4.79 Å². The Morgan fingerprint density at radius 1 is 1.24 bits per heavy atom. The van der Waals surface area contributed by atoms with Crippen molar-refractivity contribution in [2.75, 3.05) is 0 Å². The van der Waals surface area contributed by atoms with E-state index in [4.69, 9.17) is 14.6 Å². The van der Waals surface area contributed by atoms with E-state index < -0.39 is 5.97 Å². The number of hydrogen-bond acceptors (Lipinski definition) is 4. The molecule has 5 nitrogen and oxygen atoms in total. The number of aromatic carboxylic acids is 1. The van der Waals surface area contributed by atoms with Crippen LogP contribution in [0.2, 0.25) is 0 Å². The summed E-state index contributed by atoms with van der Waals surface area (Å²) in [7, 11) is 0. The van der Waals surface area contributed by atoms with Crippen molar-refractivity contribution < 1.29 is 19.4 Å². The minimum absolute atomic E-state index is 0.00651. The molecule has 0 fully saturated rings. The molecule has 0 saturated heterocycles. The number of benzene rings is 1. The normalized spacial score (nSPS) is 10.5. The SMILES string of the molecule is Cc1cc(C(=O)O)ccc1Oc1ncccc1OC(C)C. The number of aryl methyl sites for hydroxylation is 1. The molecule has 0 aliphatic carbocycles. The van der Waals surface area contributed by atoms with E-state index in [2.05, 4.69) is 4.98 Å². The lowest BCUT2D eigenvalue weighted by Crippen LogP contribution is -2.07. The van der Waals surface area contributed by atoms with Crippen molar-refractivity contribution >= 4 is 5.97 Å². The third-order valence-corrected chi connectivity index (χ3v) is 2.73. The molecule has 0 aliphatic rings. The van der Waals surface area contributed by atoms with Crippen LogP contribution in [0, 0.1) is 6.92 Å². The monoisotopic (exact) mass is 287 g/mol.